The average Bonchev–Trinajstić information content (AvgIpc) is 3.31. The molecule has 32 heavy (non-hydrogen) atoms. The highest BCUT2D eigenvalue weighted by molar-refractivity contribution is 6.30. The molecule has 1 atom stereocenters. The molecular formula is C24H23ClN2O5. The molecule has 0 radical (unpaired) electrons. The maximum absolute atomic E-state index is 13.5. The van der Waals surface area contributed by atoms with Gasteiger partial charge in [-0.1, -0.05) is 35.9 Å². The van der Waals surface area contributed by atoms with E-state index in [0.29, 0.717) is 40.4 Å². The minimum atomic E-state index is -0.788. The van der Waals surface area contributed by atoms with Crippen LogP contribution >= 0.6 is 11.6 Å². The molecule has 1 N–H and O–H groups in total. The largest absolute Gasteiger partial charge is 0.503 e. The molecule has 1 amide bonds. The highest BCUT2D eigenvalue weighted by Crippen LogP contribution is 2.40. The molecule has 4 rings (SSSR count). The van der Waals surface area contributed by atoms with Gasteiger partial charge in [0.05, 0.1) is 18.7 Å². The maximum atomic E-state index is 13.5. The molecule has 3 aromatic rings. The zero-order chi connectivity index (χ0) is 23.0. The summed E-state index contributed by atoms with van der Waals surface area (Å²) in [6.07, 6.45) is 0. The van der Waals surface area contributed by atoms with Gasteiger partial charge in [0.1, 0.15) is 0 Å². The lowest BCUT2D eigenvalue weighted by molar-refractivity contribution is -0.129. The van der Waals surface area contributed by atoms with Crippen LogP contribution in [0.4, 0.5) is 0 Å². The maximum Gasteiger partial charge on any atom is 0.290 e. The Morgan fingerprint density at radius 1 is 1.22 bits per heavy atom. The number of carbonyl (C=O) groups is 2. The normalized spacial score (nSPS) is 16.5. The van der Waals surface area contributed by atoms with E-state index in [-0.39, 0.29) is 11.3 Å². The minimum absolute atomic E-state index is 0.0142. The number of likely N-dealkylation sites (N-methyl/N-ethyl adjacent to an activating group) is 1. The molecule has 0 unspecified atom stereocenters. The quantitative estimate of drug-likeness (QED) is 0.538. The van der Waals surface area contributed by atoms with E-state index < -0.39 is 23.5 Å². The van der Waals surface area contributed by atoms with Crippen molar-refractivity contribution < 1.29 is 23.8 Å². The van der Waals surface area contributed by atoms with Crippen LogP contribution in [0, 0.1) is 0 Å². The Hall–Kier alpha value is -3.29. The molecule has 2 aromatic carbocycles. The van der Waals surface area contributed by atoms with Crippen LogP contribution in [0.1, 0.15) is 22.2 Å². The van der Waals surface area contributed by atoms with Gasteiger partial charge in [-0.15, -0.1) is 0 Å². The number of furan rings is 1. The standard InChI is InChI=1S/C24H23ClN2O5/c1-26(2)10-11-27-20(14-6-4-8-16(25)12-14)19(22(29)24(27)30)21(28)18-13-15-7-5-9-17(31-3)23(15)32-18/h4-9,12-13,20,29H,10-11H2,1-3H3/t20-/m0/s1. The molecule has 0 saturated carbocycles. The van der Waals surface area contributed by atoms with Crippen molar-refractivity contribution in [2.24, 2.45) is 0 Å². The summed E-state index contributed by atoms with van der Waals surface area (Å²) in [5.41, 5.74) is 1.02. The number of Topliss-reactive ketones (excluding diaryl/α,β-unsaturated/α-hetero) is 1. The van der Waals surface area contributed by atoms with Crippen LogP contribution in [0.15, 0.2) is 64.3 Å². The second-order valence-corrected chi connectivity index (χ2v) is 8.28. The van der Waals surface area contributed by atoms with E-state index in [9.17, 15) is 14.7 Å². The van der Waals surface area contributed by atoms with Crippen LogP contribution in [-0.2, 0) is 4.79 Å². The van der Waals surface area contributed by atoms with Crippen molar-refractivity contribution in [1.29, 1.82) is 0 Å². The van der Waals surface area contributed by atoms with Crippen molar-refractivity contribution in [2.75, 3.05) is 34.3 Å². The first-order valence-corrected chi connectivity index (χ1v) is 10.4. The molecule has 1 aliphatic rings. The van der Waals surface area contributed by atoms with E-state index >= 15 is 0 Å². The van der Waals surface area contributed by atoms with Crippen molar-refractivity contribution in [1.82, 2.24) is 9.80 Å². The minimum Gasteiger partial charge on any atom is -0.503 e. The fourth-order valence-corrected chi connectivity index (χ4v) is 4.09. The molecule has 0 spiro atoms. The van der Waals surface area contributed by atoms with Gasteiger partial charge in [0, 0.05) is 23.5 Å². The Labute approximate surface area is 190 Å². The number of fused-ring (bicyclic) bond motifs is 1. The van der Waals surface area contributed by atoms with Crippen molar-refractivity contribution >= 4 is 34.3 Å². The molecule has 1 aliphatic heterocycles. The molecule has 0 bridgehead atoms. The Balaban J connectivity index is 1.81. The number of hydrogen-bond acceptors (Lipinski definition) is 6. The van der Waals surface area contributed by atoms with E-state index in [0.717, 1.165) is 0 Å². The van der Waals surface area contributed by atoms with E-state index in [1.54, 1.807) is 48.5 Å². The summed E-state index contributed by atoms with van der Waals surface area (Å²) in [4.78, 5) is 29.9. The first kappa shape index (κ1) is 21.9. The van der Waals surface area contributed by atoms with Gasteiger partial charge < -0.3 is 24.1 Å². The number of methoxy groups -OCH3 is 1. The summed E-state index contributed by atoms with van der Waals surface area (Å²) in [5.74, 6) is -1.24. The Kier molecular flexibility index (Phi) is 5.95. The van der Waals surface area contributed by atoms with Crippen molar-refractivity contribution in [2.45, 2.75) is 6.04 Å². The number of nitrogens with zero attached hydrogens (tertiary/aromatic N) is 2. The third kappa shape index (κ3) is 3.85. The van der Waals surface area contributed by atoms with Crippen molar-refractivity contribution in [3.8, 4) is 5.75 Å². The summed E-state index contributed by atoms with van der Waals surface area (Å²) < 4.78 is 11.1. The highest BCUT2D eigenvalue weighted by Gasteiger charge is 2.44. The van der Waals surface area contributed by atoms with Gasteiger partial charge in [-0.05, 0) is 43.9 Å². The SMILES string of the molecule is COc1cccc2cc(C(=O)C3=C(O)C(=O)N(CCN(C)C)[C@H]3c3cccc(Cl)c3)oc12. The summed E-state index contributed by atoms with van der Waals surface area (Å²) in [7, 11) is 5.28. The van der Waals surface area contributed by atoms with Crippen molar-refractivity contribution in [3.05, 3.63) is 76.2 Å². The van der Waals surface area contributed by atoms with Crippen LogP contribution < -0.4 is 4.74 Å². The number of carbonyl (C=O) groups excluding carboxylic acids is 2. The van der Waals surface area contributed by atoms with E-state index in [2.05, 4.69) is 0 Å². The van der Waals surface area contributed by atoms with E-state index in [1.165, 1.54) is 12.0 Å². The van der Waals surface area contributed by atoms with Crippen LogP contribution in [0.5, 0.6) is 5.75 Å². The Morgan fingerprint density at radius 2 is 1.97 bits per heavy atom. The third-order valence-corrected chi connectivity index (χ3v) is 5.69. The topological polar surface area (TPSA) is 83.2 Å². The van der Waals surface area contributed by atoms with E-state index in [4.69, 9.17) is 20.8 Å². The van der Waals surface area contributed by atoms with Gasteiger partial charge in [0.15, 0.2) is 22.9 Å². The van der Waals surface area contributed by atoms with Crippen LogP contribution in [0.3, 0.4) is 0 Å². The van der Waals surface area contributed by atoms with Crippen LogP contribution in [0.2, 0.25) is 5.02 Å². The second kappa shape index (κ2) is 8.68. The summed E-state index contributed by atoms with van der Waals surface area (Å²) >= 11 is 6.19. The van der Waals surface area contributed by atoms with Gasteiger partial charge in [-0.2, -0.15) is 0 Å². The predicted octanol–water partition coefficient (Wildman–Crippen LogP) is 4.23. The lowest BCUT2D eigenvalue weighted by Gasteiger charge is -2.28. The molecule has 1 aromatic heterocycles. The number of rotatable bonds is 7. The van der Waals surface area contributed by atoms with Crippen LogP contribution in [0.25, 0.3) is 11.0 Å². The molecule has 0 aliphatic carbocycles. The number of aliphatic hydroxyl groups excluding tert-OH is 1. The van der Waals surface area contributed by atoms with Gasteiger partial charge >= 0.3 is 0 Å². The predicted molar refractivity (Wildman–Crippen MR) is 121 cm³/mol. The first-order valence-electron chi connectivity index (χ1n) is 10.1. The molecule has 166 valence electrons. The average molecular weight is 455 g/mol. The van der Waals surface area contributed by atoms with E-state index in [1.807, 2.05) is 19.0 Å². The number of aliphatic hydroxyl groups is 1. The summed E-state index contributed by atoms with van der Waals surface area (Å²) in [6, 6.07) is 13.0. The smallest absolute Gasteiger partial charge is 0.290 e. The Morgan fingerprint density at radius 3 is 2.66 bits per heavy atom. The monoisotopic (exact) mass is 454 g/mol. The fraction of sp³-hybridized carbons (Fsp3) is 0.250. The molecule has 0 saturated heterocycles. The lowest BCUT2D eigenvalue weighted by Crippen LogP contribution is -2.36. The molecule has 8 heteroatoms. The van der Waals surface area contributed by atoms with Crippen LogP contribution in [-0.4, -0.2) is 60.9 Å². The lowest BCUT2D eigenvalue weighted by atomic mass is 9.95. The zero-order valence-electron chi connectivity index (χ0n) is 18.0. The number of benzene rings is 2. The molecule has 7 nitrogen and oxygen atoms in total. The zero-order valence-corrected chi connectivity index (χ0v) is 18.7. The second-order valence-electron chi connectivity index (χ2n) is 7.84. The van der Waals surface area contributed by atoms with Gasteiger partial charge in [-0.3, -0.25) is 9.59 Å². The third-order valence-electron chi connectivity index (χ3n) is 5.45. The number of amides is 1. The summed E-state index contributed by atoms with van der Waals surface area (Å²) in [6.45, 7) is 0.872. The number of para-hydroxylation sites is 1. The van der Waals surface area contributed by atoms with Gasteiger partial charge in [0.2, 0.25) is 5.78 Å². The highest BCUT2D eigenvalue weighted by atomic mass is 35.5. The first-order chi connectivity index (χ1) is 15.3. The number of hydrogen-bond donors (Lipinski definition) is 1. The number of ketones is 1. The number of ether oxygens (including phenoxy) is 1. The molecule has 0 fully saturated rings. The fourth-order valence-electron chi connectivity index (χ4n) is 3.89. The summed E-state index contributed by atoms with van der Waals surface area (Å²) in [5, 5.41) is 11.9. The number of halogens is 1. The van der Waals surface area contributed by atoms with Crippen molar-refractivity contribution in [3.63, 3.8) is 0 Å². The Bertz CT molecular complexity index is 1230. The van der Waals surface area contributed by atoms with Gasteiger partial charge in [0.25, 0.3) is 5.91 Å². The molecule has 2 heterocycles. The molecular weight excluding hydrogens is 432 g/mol. The van der Waals surface area contributed by atoms with Gasteiger partial charge in [-0.25, -0.2) is 0 Å².